The summed E-state index contributed by atoms with van der Waals surface area (Å²) >= 11 is 0. The molecule has 6 nitrogen and oxygen atoms in total. The Labute approximate surface area is 213 Å². The van der Waals surface area contributed by atoms with E-state index in [1.165, 1.54) is 36.8 Å². The Morgan fingerprint density at radius 2 is 1.72 bits per heavy atom. The number of carbonyl (C=O) groups excluding carboxylic acids is 1. The second kappa shape index (κ2) is 8.77. The van der Waals surface area contributed by atoms with Gasteiger partial charge in [0.25, 0.3) is 0 Å². The van der Waals surface area contributed by atoms with Gasteiger partial charge in [-0.05, 0) is 92.8 Å². The Bertz CT molecular complexity index is 1290. The van der Waals surface area contributed by atoms with E-state index in [9.17, 15) is 4.79 Å². The number of aryl methyl sites for hydroxylation is 1. The lowest BCUT2D eigenvalue weighted by Gasteiger charge is -2.42. The summed E-state index contributed by atoms with van der Waals surface area (Å²) in [6.07, 6.45) is 9.77. The molecule has 3 fully saturated rings. The Kier molecular flexibility index (Phi) is 5.38. The molecule has 2 saturated heterocycles. The van der Waals surface area contributed by atoms with Crippen LogP contribution < -0.4 is 10.6 Å². The van der Waals surface area contributed by atoms with Crippen LogP contribution in [-0.2, 0) is 6.42 Å². The van der Waals surface area contributed by atoms with Gasteiger partial charge in [-0.2, -0.15) is 0 Å². The minimum Gasteiger partial charge on any atom is -0.363 e. The topological polar surface area (TPSA) is 60.5 Å². The largest absolute Gasteiger partial charge is 0.363 e. The number of hydrogen-bond donors (Lipinski definition) is 2. The Morgan fingerprint density at radius 1 is 0.944 bits per heavy atom. The van der Waals surface area contributed by atoms with Crippen molar-refractivity contribution in [2.45, 2.75) is 81.6 Å². The van der Waals surface area contributed by atoms with Crippen molar-refractivity contribution >= 4 is 28.4 Å². The van der Waals surface area contributed by atoms with Crippen molar-refractivity contribution < 1.29 is 4.79 Å². The van der Waals surface area contributed by atoms with Crippen LogP contribution in [0.4, 0.5) is 16.3 Å². The van der Waals surface area contributed by atoms with Crippen LogP contribution in [-0.4, -0.2) is 52.0 Å². The average Bonchev–Trinajstić information content (AvgIpc) is 3.61. The van der Waals surface area contributed by atoms with Crippen molar-refractivity contribution in [1.29, 1.82) is 0 Å². The van der Waals surface area contributed by atoms with E-state index in [0.29, 0.717) is 24.2 Å². The first-order chi connectivity index (χ1) is 17.6. The van der Waals surface area contributed by atoms with Crippen LogP contribution in [0.2, 0.25) is 0 Å². The molecular formula is C30H35N5O. The maximum atomic E-state index is 13.1. The van der Waals surface area contributed by atoms with Gasteiger partial charge in [-0.3, -0.25) is 4.90 Å². The molecule has 1 saturated carbocycles. The first-order valence-electron chi connectivity index (χ1n) is 13.7. The summed E-state index contributed by atoms with van der Waals surface area (Å²) in [5, 5.41) is 7.80. The third kappa shape index (κ3) is 4.01. The van der Waals surface area contributed by atoms with Gasteiger partial charge in [0, 0.05) is 42.3 Å². The molecule has 4 aliphatic rings. The van der Waals surface area contributed by atoms with E-state index in [0.717, 1.165) is 54.1 Å². The molecule has 1 unspecified atom stereocenters. The van der Waals surface area contributed by atoms with Gasteiger partial charge in [0.05, 0.1) is 11.6 Å². The highest BCUT2D eigenvalue weighted by Gasteiger charge is 2.48. The predicted molar refractivity (Wildman–Crippen MR) is 144 cm³/mol. The molecule has 2 N–H and O–H groups in total. The van der Waals surface area contributed by atoms with E-state index < -0.39 is 0 Å². The zero-order valence-corrected chi connectivity index (χ0v) is 21.0. The van der Waals surface area contributed by atoms with Crippen molar-refractivity contribution in [3.05, 3.63) is 65.7 Å². The minimum absolute atomic E-state index is 0.00948. The van der Waals surface area contributed by atoms with Crippen molar-refractivity contribution in [2.75, 3.05) is 17.7 Å². The minimum atomic E-state index is -0.00948. The maximum Gasteiger partial charge on any atom is 0.321 e. The first-order valence-corrected chi connectivity index (χ1v) is 13.7. The first kappa shape index (κ1) is 22.1. The zero-order chi connectivity index (χ0) is 24.2. The molecule has 2 bridgehead atoms. The highest BCUT2D eigenvalue weighted by atomic mass is 16.2. The van der Waals surface area contributed by atoms with Gasteiger partial charge in [0.2, 0.25) is 0 Å². The molecule has 3 heterocycles. The number of hydrogen-bond acceptors (Lipinski definition) is 4. The van der Waals surface area contributed by atoms with Crippen LogP contribution in [0.5, 0.6) is 0 Å². The molecule has 0 radical (unpaired) electrons. The summed E-state index contributed by atoms with van der Waals surface area (Å²) in [6, 6.07) is 21.6. The number of nitrogens with one attached hydrogen (secondary N) is 2. The van der Waals surface area contributed by atoms with Gasteiger partial charge in [0.1, 0.15) is 5.82 Å². The van der Waals surface area contributed by atoms with Gasteiger partial charge in [-0.1, -0.05) is 24.3 Å². The number of rotatable bonds is 5. The molecule has 0 spiro atoms. The van der Waals surface area contributed by atoms with Crippen molar-refractivity contribution in [3.8, 4) is 0 Å². The van der Waals surface area contributed by atoms with E-state index in [4.69, 9.17) is 4.98 Å². The van der Waals surface area contributed by atoms with E-state index >= 15 is 0 Å². The standard InChI is InChI=1S/C30H35N5O/c1-34(25-17-23-11-12-24(18-25)35(23)22-9-10-22)30(36)31-21-8-14-27-20(16-21)7-15-29(32-27)33-28-13-6-19-4-2-3-5-26(19)28/h2-5,7-8,14-16,22-25,28H,6,9-13,17-18H2,1H3,(H,31,36)(H,32,33)/t23-,24+,25?,28-/m1/s1. The van der Waals surface area contributed by atoms with Crippen molar-refractivity contribution in [2.24, 2.45) is 0 Å². The Morgan fingerprint density at radius 3 is 2.53 bits per heavy atom. The number of nitrogens with zero attached hydrogens (tertiary/aromatic N) is 3. The lowest BCUT2D eigenvalue weighted by Crippen LogP contribution is -2.52. The second-order valence-electron chi connectivity index (χ2n) is 11.3. The molecule has 36 heavy (non-hydrogen) atoms. The zero-order valence-electron chi connectivity index (χ0n) is 21.0. The van der Waals surface area contributed by atoms with Crippen molar-refractivity contribution in [3.63, 3.8) is 0 Å². The van der Waals surface area contributed by atoms with E-state index in [2.05, 4.69) is 45.9 Å². The smallest absolute Gasteiger partial charge is 0.321 e. The summed E-state index contributed by atoms with van der Waals surface area (Å²) in [4.78, 5) is 22.7. The third-order valence-electron chi connectivity index (χ3n) is 9.00. The summed E-state index contributed by atoms with van der Waals surface area (Å²) < 4.78 is 0. The Hall–Kier alpha value is -3.12. The fraction of sp³-hybridized carbons (Fsp3) is 0.467. The number of pyridine rings is 1. The molecule has 3 aromatic rings. The van der Waals surface area contributed by atoms with Crippen LogP contribution in [0, 0.1) is 0 Å². The van der Waals surface area contributed by atoms with Crippen LogP contribution >= 0.6 is 0 Å². The van der Waals surface area contributed by atoms with Crippen LogP contribution in [0.1, 0.15) is 62.1 Å². The lowest BCUT2D eigenvalue weighted by atomic mass is 9.96. The molecule has 1 aromatic heterocycles. The second-order valence-corrected chi connectivity index (χ2v) is 11.3. The third-order valence-corrected chi connectivity index (χ3v) is 9.00. The van der Waals surface area contributed by atoms with Crippen LogP contribution in [0.3, 0.4) is 0 Å². The molecular weight excluding hydrogens is 446 g/mol. The van der Waals surface area contributed by atoms with Crippen molar-refractivity contribution in [1.82, 2.24) is 14.8 Å². The quantitative estimate of drug-likeness (QED) is 0.472. The van der Waals surface area contributed by atoms with E-state index in [1.54, 1.807) is 0 Å². The van der Waals surface area contributed by atoms with Gasteiger partial charge < -0.3 is 15.5 Å². The van der Waals surface area contributed by atoms with Gasteiger partial charge in [-0.25, -0.2) is 9.78 Å². The van der Waals surface area contributed by atoms with Gasteiger partial charge in [-0.15, -0.1) is 0 Å². The summed E-state index contributed by atoms with van der Waals surface area (Å²) in [7, 11) is 1.97. The number of aromatic nitrogens is 1. The number of amides is 2. The SMILES string of the molecule is CN(C(=O)Nc1ccc2nc(N[C@@H]3CCc4ccccc43)ccc2c1)C1C[C@H]2CC[C@@H](C1)N2C1CC1. The number of carbonyl (C=O) groups is 1. The van der Waals surface area contributed by atoms with Gasteiger partial charge in [0.15, 0.2) is 0 Å². The molecule has 186 valence electrons. The lowest BCUT2D eigenvalue weighted by molar-refractivity contribution is 0.0781. The van der Waals surface area contributed by atoms with Gasteiger partial charge >= 0.3 is 6.03 Å². The highest BCUT2D eigenvalue weighted by Crippen LogP contribution is 2.44. The van der Waals surface area contributed by atoms with E-state index in [-0.39, 0.29) is 6.03 Å². The summed E-state index contributed by atoms with van der Waals surface area (Å²) in [5.41, 5.74) is 4.57. The van der Waals surface area contributed by atoms with Crippen LogP contribution in [0.25, 0.3) is 10.9 Å². The maximum absolute atomic E-state index is 13.1. The molecule has 2 aliphatic heterocycles. The molecule has 6 heteroatoms. The summed E-state index contributed by atoms with van der Waals surface area (Å²) in [6.45, 7) is 0. The Balaban J connectivity index is 1.01. The van der Waals surface area contributed by atoms with E-state index in [1.807, 2.05) is 36.2 Å². The highest BCUT2D eigenvalue weighted by molar-refractivity contribution is 5.93. The number of piperidine rings is 1. The molecule has 7 rings (SSSR count). The molecule has 4 atom stereocenters. The van der Waals surface area contributed by atoms with Crippen LogP contribution in [0.15, 0.2) is 54.6 Å². The monoisotopic (exact) mass is 481 g/mol. The number of fused-ring (bicyclic) bond motifs is 4. The molecule has 2 amide bonds. The number of benzene rings is 2. The number of anilines is 2. The molecule has 2 aromatic carbocycles. The predicted octanol–water partition coefficient (Wildman–Crippen LogP) is 5.96. The normalized spacial score (nSPS) is 27.1. The fourth-order valence-electron chi connectivity index (χ4n) is 7.02. The molecule has 2 aliphatic carbocycles. The fourth-order valence-corrected chi connectivity index (χ4v) is 7.02. The average molecular weight is 482 g/mol. The number of urea groups is 1. The summed E-state index contributed by atoms with van der Waals surface area (Å²) in [5.74, 6) is 0.896.